The Labute approximate surface area is 190 Å². The zero-order valence-electron chi connectivity index (χ0n) is 20.6. The van der Waals surface area contributed by atoms with Gasteiger partial charge in [-0.2, -0.15) is 0 Å². The van der Waals surface area contributed by atoms with Crippen LogP contribution in [0.5, 0.6) is 0 Å². The van der Waals surface area contributed by atoms with Crippen molar-refractivity contribution in [3.05, 3.63) is 58.7 Å². The van der Waals surface area contributed by atoms with Gasteiger partial charge in [0, 0.05) is 22.5 Å². The Balaban J connectivity index is 1.60. The molecule has 2 heteroatoms. The molecule has 2 N–H and O–H groups in total. The van der Waals surface area contributed by atoms with Gasteiger partial charge in [-0.15, -0.1) is 0 Å². The van der Waals surface area contributed by atoms with Gasteiger partial charge in [-0.25, -0.2) is 0 Å². The summed E-state index contributed by atoms with van der Waals surface area (Å²) >= 11 is 0. The molecule has 4 unspecified atom stereocenters. The average molecular weight is 419 g/mol. The van der Waals surface area contributed by atoms with Gasteiger partial charge in [-0.05, 0) is 105 Å². The van der Waals surface area contributed by atoms with E-state index in [1.54, 1.807) is 0 Å². The highest BCUT2D eigenvalue weighted by atomic mass is 15.0. The molecular weight excluding hydrogens is 376 g/mol. The minimum absolute atomic E-state index is 0.225. The Morgan fingerprint density at radius 1 is 0.710 bits per heavy atom. The van der Waals surface area contributed by atoms with Crippen molar-refractivity contribution in [2.45, 2.75) is 109 Å². The Morgan fingerprint density at radius 2 is 1.13 bits per heavy atom. The fourth-order valence-corrected chi connectivity index (χ4v) is 5.84. The molecule has 0 spiro atoms. The van der Waals surface area contributed by atoms with Crippen molar-refractivity contribution in [1.29, 1.82) is 0 Å². The van der Waals surface area contributed by atoms with Gasteiger partial charge in [-0.1, -0.05) is 52.0 Å². The Hall–Kier alpha value is -1.96. The molecule has 2 aromatic rings. The largest absolute Gasteiger partial charge is 0.380 e. The lowest BCUT2D eigenvalue weighted by molar-refractivity contribution is 0.388. The molecule has 168 valence electrons. The van der Waals surface area contributed by atoms with Crippen molar-refractivity contribution < 1.29 is 0 Å². The van der Waals surface area contributed by atoms with Crippen LogP contribution in [0, 0.1) is 0 Å². The molecule has 0 aliphatic carbocycles. The maximum Gasteiger partial charge on any atom is 0.0379 e. The molecule has 0 saturated carbocycles. The molecular formula is C29H42N2. The van der Waals surface area contributed by atoms with Crippen LogP contribution in [-0.4, -0.2) is 11.1 Å². The summed E-state index contributed by atoms with van der Waals surface area (Å²) in [5.41, 5.74) is 9.08. The summed E-state index contributed by atoms with van der Waals surface area (Å²) in [6.07, 6.45) is 8.25. The van der Waals surface area contributed by atoms with E-state index in [9.17, 15) is 0 Å². The molecule has 0 bridgehead atoms. The predicted molar refractivity (Wildman–Crippen MR) is 136 cm³/mol. The molecule has 31 heavy (non-hydrogen) atoms. The third kappa shape index (κ3) is 4.36. The number of anilines is 2. The molecule has 0 amide bonds. The zero-order chi connectivity index (χ0) is 22.2. The molecule has 2 aromatic carbocycles. The van der Waals surface area contributed by atoms with Gasteiger partial charge in [0.1, 0.15) is 0 Å². The van der Waals surface area contributed by atoms with E-state index in [-0.39, 0.29) is 11.1 Å². The van der Waals surface area contributed by atoms with E-state index in [1.165, 1.54) is 72.2 Å². The van der Waals surface area contributed by atoms with E-state index in [2.05, 4.69) is 88.6 Å². The maximum absolute atomic E-state index is 3.84. The minimum Gasteiger partial charge on any atom is -0.380 e. The average Bonchev–Trinajstić information content (AvgIpc) is 2.78. The minimum atomic E-state index is 0.225. The molecule has 2 heterocycles. The van der Waals surface area contributed by atoms with Crippen LogP contribution < -0.4 is 10.6 Å². The van der Waals surface area contributed by atoms with Gasteiger partial charge in [0.2, 0.25) is 0 Å². The number of hydrogen-bond donors (Lipinski definition) is 2. The Kier molecular flexibility index (Phi) is 6.12. The van der Waals surface area contributed by atoms with E-state index in [0.717, 1.165) is 6.42 Å². The fourth-order valence-electron chi connectivity index (χ4n) is 5.84. The summed E-state index contributed by atoms with van der Waals surface area (Å²) in [6.45, 7) is 14.0. The quantitative estimate of drug-likeness (QED) is 0.493. The topological polar surface area (TPSA) is 24.1 Å². The van der Waals surface area contributed by atoms with E-state index in [1.807, 2.05) is 0 Å². The predicted octanol–water partition coefficient (Wildman–Crippen LogP) is 8.23. The van der Waals surface area contributed by atoms with Gasteiger partial charge in [0.15, 0.2) is 0 Å². The highest BCUT2D eigenvalue weighted by molar-refractivity contribution is 5.60. The van der Waals surface area contributed by atoms with Crippen LogP contribution in [0.15, 0.2) is 36.4 Å². The lowest BCUT2D eigenvalue weighted by Gasteiger charge is -2.41. The maximum atomic E-state index is 3.84. The Morgan fingerprint density at radius 3 is 1.48 bits per heavy atom. The Bertz CT molecular complexity index is 857. The lowest BCUT2D eigenvalue weighted by Crippen LogP contribution is -2.39. The van der Waals surface area contributed by atoms with Crippen LogP contribution in [0.1, 0.15) is 114 Å². The third-order valence-corrected chi connectivity index (χ3v) is 8.33. The van der Waals surface area contributed by atoms with Gasteiger partial charge in [0.25, 0.3) is 0 Å². The zero-order valence-corrected chi connectivity index (χ0v) is 20.6. The highest BCUT2D eigenvalue weighted by Crippen LogP contribution is 2.44. The third-order valence-electron chi connectivity index (χ3n) is 8.33. The van der Waals surface area contributed by atoms with Crippen molar-refractivity contribution in [2.24, 2.45) is 0 Å². The van der Waals surface area contributed by atoms with Gasteiger partial charge in [-0.3, -0.25) is 0 Å². The van der Waals surface area contributed by atoms with Crippen LogP contribution >= 0.6 is 0 Å². The second-order valence-electron chi connectivity index (χ2n) is 10.7. The highest BCUT2D eigenvalue weighted by Gasteiger charge is 2.34. The van der Waals surface area contributed by atoms with Crippen LogP contribution in [0.4, 0.5) is 11.4 Å². The first-order valence-electron chi connectivity index (χ1n) is 12.6. The second kappa shape index (κ2) is 8.52. The first kappa shape index (κ1) is 22.2. The van der Waals surface area contributed by atoms with Gasteiger partial charge in [0.05, 0.1) is 0 Å². The molecule has 0 aromatic heterocycles. The van der Waals surface area contributed by atoms with Crippen LogP contribution in [0.3, 0.4) is 0 Å². The SMILES string of the molecule is CCC1CC(C)(CC)Nc2ccc(Cc3ccc4c(c3)C(CC)CC(C)(CC)N4)cc21. The number of rotatable bonds is 6. The number of benzene rings is 2. The van der Waals surface area contributed by atoms with E-state index >= 15 is 0 Å². The first-order valence-corrected chi connectivity index (χ1v) is 12.6. The molecule has 0 fully saturated rings. The van der Waals surface area contributed by atoms with Crippen LogP contribution in [-0.2, 0) is 6.42 Å². The van der Waals surface area contributed by atoms with Gasteiger partial charge >= 0.3 is 0 Å². The number of nitrogens with one attached hydrogen (secondary N) is 2. The first-order chi connectivity index (χ1) is 14.8. The monoisotopic (exact) mass is 418 g/mol. The number of fused-ring (bicyclic) bond motifs is 2. The molecule has 4 atom stereocenters. The summed E-state index contributed by atoms with van der Waals surface area (Å²) in [5.74, 6) is 1.31. The molecule has 2 aliphatic rings. The fraction of sp³-hybridized carbons (Fsp3) is 0.586. The molecule has 4 rings (SSSR count). The summed E-state index contributed by atoms with van der Waals surface area (Å²) in [4.78, 5) is 0. The van der Waals surface area contributed by atoms with Crippen LogP contribution in [0.25, 0.3) is 0 Å². The molecule has 2 aliphatic heterocycles. The van der Waals surface area contributed by atoms with Crippen molar-refractivity contribution >= 4 is 11.4 Å². The molecule has 0 radical (unpaired) electrons. The van der Waals surface area contributed by atoms with Crippen molar-refractivity contribution in [1.82, 2.24) is 0 Å². The lowest BCUT2D eigenvalue weighted by atomic mass is 9.76. The molecule has 2 nitrogen and oxygen atoms in total. The summed E-state index contributed by atoms with van der Waals surface area (Å²) in [7, 11) is 0. The molecule has 0 saturated heterocycles. The van der Waals surface area contributed by atoms with Crippen molar-refractivity contribution in [3.8, 4) is 0 Å². The second-order valence-corrected chi connectivity index (χ2v) is 10.7. The summed E-state index contributed by atoms with van der Waals surface area (Å²) in [6, 6.07) is 14.3. The summed E-state index contributed by atoms with van der Waals surface area (Å²) in [5, 5.41) is 7.68. The van der Waals surface area contributed by atoms with E-state index in [4.69, 9.17) is 0 Å². The van der Waals surface area contributed by atoms with E-state index in [0.29, 0.717) is 11.8 Å². The normalized spacial score (nSPS) is 29.5. The van der Waals surface area contributed by atoms with Gasteiger partial charge < -0.3 is 10.6 Å². The van der Waals surface area contributed by atoms with Crippen molar-refractivity contribution in [3.63, 3.8) is 0 Å². The summed E-state index contributed by atoms with van der Waals surface area (Å²) < 4.78 is 0. The number of hydrogen-bond acceptors (Lipinski definition) is 2. The van der Waals surface area contributed by atoms with E-state index < -0.39 is 0 Å². The van der Waals surface area contributed by atoms with Crippen LogP contribution in [0.2, 0.25) is 0 Å². The smallest absolute Gasteiger partial charge is 0.0379 e. The van der Waals surface area contributed by atoms with Crippen molar-refractivity contribution in [2.75, 3.05) is 10.6 Å². The standard InChI is InChI=1S/C29H42N2/c1-7-22-18-28(5,9-3)30-26-13-11-20(16-24(22)26)15-21-12-14-27-25(17-21)23(8-2)19-29(6,10-4)31-27/h11-14,16-17,22-23,30-31H,7-10,15,18-19H2,1-6H3.